The number of furan rings is 1. The van der Waals surface area contributed by atoms with Crippen LogP contribution < -0.4 is 0 Å². The van der Waals surface area contributed by atoms with Gasteiger partial charge in [-0.1, -0.05) is 30.7 Å². The second kappa shape index (κ2) is 7.38. The molecule has 1 aliphatic rings. The van der Waals surface area contributed by atoms with E-state index >= 15 is 0 Å². The van der Waals surface area contributed by atoms with Crippen molar-refractivity contribution in [2.75, 3.05) is 19.7 Å². The van der Waals surface area contributed by atoms with Crippen molar-refractivity contribution in [2.45, 2.75) is 26.0 Å². The Hall–Kier alpha value is -1.82. The first-order valence-corrected chi connectivity index (χ1v) is 8.39. The smallest absolute Gasteiger partial charge is 0.371 e. The number of hydrogen-bond donors (Lipinski definition) is 1. The van der Waals surface area contributed by atoms with E-state index in [9.17, 15) is 4.79 Å². The fourth-order valence-electron chi connectivity index (χ4n) is 2.97. The highest BCUT2D eigenvalue weighted by Gasteiger charge is 2.24. The number of ether oxygens (including phenoxy) is 1. The summed E-state index contributed by atoms with van der Waals surface area (Å²) in [6, 6.07) is 9.32. The van der Waals surface area contributed by atoms with Crippen LogP contribution in [0.15, 0.2) is 34.7 Å². The number of aromatic carboxylic acids is 1. The molecule has 1 aromatic carbocycles. The molecule has 0 radical (unpaired) electrons. The van der Waals surface area contributed by atoms with Crippen LogP contribution in [-0.4, -0.2) is 35.7 Å². The van der Waals surface area contributed by atoms with E-state index in [4.69, 9.17) is 25.9 Å². The highest BCUT2D eigenvalue weighted by molar-refractivity contribution is 6.30. The zero-order valence-corrected chi connectivity index (χ0v) is 14.3. The van der Waals surface area contributed by atoms with Gasteiger partial charge in [0.05, 0.1) is 12.7 Å². The van der Waals surface area contributed by atoms with Gasteiger partial charge in [-0.05, 0) is 23.8 Å². The van der Waals surface area contributed by atoms with Crippen molar-refractivity contribution in [1.82, 2.24) is 4.90 Å². The molecule has 5 nitrogen and oxygen atoms in total. The quantitative estimate of drug-likeness (QED) is 0.890. The number of aryl methyl sites for hydroxylation is 1. The summed E-state index contributed by atoms with van der Waals surface area (Å²) >= 11 is 5.94. The van der Waals surface area contributed by atoms with Crippen LogP contribution in [0.5, 0.6) is 0 Å². The predicted octanol–water partition coefficient (Wildman–Crippen LogP) is 3.77. The van der Waals surface area contributed by atoms with Crippen LogP contribution in [-0.2, 0) is 17.7 Å². The molecule has 1 atom stereocenters. The normalized spacial score (nSPS) is 18.7. The second-order valence-corrected chi connectivity index (χ2v) is 6.30. The highest BCUT2D eigenvalue weighted by Crippen LogP contribution is 2.26. The molecule has 0 aliphatic carbocycles. The monoisotopic (exact) mass is 349 g/mol. The van der Waals surface area contributed by atoms with Gasteiger partial charge in [-0.3, -0.25) is 4.90 Å². The summed E-state index contributed by atoms with van der Waals surface area (Å²) in [4.78, 5) is 13.4. The Morgan fingerprint density at radius 2 is 2.12 bits per heavy atom. The zero-order chi connectivity index (χ0) is 17.1. The van der Waals surface area contributed by atoms with Crippen molar-refractivity contribution >= 4 is 17.6 Å². The maximum Gasteiger partial charge on any atom is 0.371 e. The lowest BCUT2D eigenvalue weighted by Crippen LogP contribution is -2.37. The molecule has 0 spiro atoms. The van der Waals surface area contributed by atoms with Gasteiger partial charge in [0.25, 0.3) is 0 Å². The summed E-state index contributed by atoms with van der Waals surface area (Å²) in [6.07, 6.45) is 0.667. The standard InChI is InChI=1S/C18H20ClNO4/c1-2-15-13(9-16(24-15)18(21)22)10-20-7-8-23-17(11-20)12-3-5-14(19)6-4-12/h3-6,9,17H,2,7-8,10-11H2,1H3,(H,21,22)/t17-/m0/s1. The van der Waals surface area contributed by atoms with Crippen LogP contribution in [0.25, 0.3) is 0 Å². The zero-order valence-electron chi connectivity index (χ0n) is 13.5. The number of carboxylic acid groups (broad SMARTS) is 1. The van der Waals surface area contributed by atoms with Crippen LogP contribution in [0.1, 0.15) is 40.5 Å². The van der Waals surface area contributed by atoms with Crippen molar-refractivity contribution in [1.29, 1.82) is 0 Å². The third kappa shape index (κ3) is 3.80. The van der Waals surface area contributed by atoms with Gasteiger partial charge in [-0.15, -0.1) is 0 Å². The van der Waals surface area contributed by atoms with Crippen molar-refractivity contribution in [2.24, 2.45) is 0 Å². The predicted molar refractivity (Wildman–Crippen MR) is 90.5 cm³/mol. The number of carbonyl (C=O) groups is 1. The fourth-order valence-corrected chi connectivity index (χ4v) is 3.10. The van der Waals surface area contributed by atoms with Gasteiger partial charge in [-0.25, -0.2) is 4.79 Å². The Labute approximate surface area is 145 Å². The van der Waals surface area contributed by atoms with Gasteiger partial charge >= 0.3 is 5.97 Å². The first-order chi connectivity index (χ1) is 11.6. The largest absolute Gasteiger partial charge is 0.475 e. The molecule has 2 heterocycles. The first kappa shape index (κ1) is 17.0. The molecule has 0 saturated carbocycles. The molecule has 0 unspecified atom stereocenters. The molecule has 0 amide bonds. The molecule has 1 aliphatic heterocycles. The summed E-state index contributed by atoms with van der Waals surface area (Å²) in [5.41, 5.74) is 2.03. The van der Waals surface area contributed by atoms with Crippen LogP contribution in [0, 0.1) is 0 Å². The second-order valence-electron chi connectivity index (χ2n) is 5.86. The van der Waals surface area contributed by atoms with Crippen LogP contribution in [0.2, 0.25) is 5.02 Å². The lowest BCUT2D eigenvalue weighted by Gasteiger charge is -2.33. The van der Waals surface area contributed by atoms with Gasteiger partial charge in [0.2, 0.25) is 5.76 Å². The molecule has 24 heavy (non-hydrogen) atoms. The van der Waals surface area contributed by atoms with E-state index in [-0.39, 0.29) is 11.9 Å². The average molecular weight is 350 g/mol. The lowest BCUT2D eigenvalue weighted by atomic mass is 10.1. The third-order valence-electron chi connectivity index (χ3n) is 4.21. The minimum atomic E-state index is -1.03. The van der Waals surface area contributed by atoms with E-state index in [1.807, 2.05) is 31.2 Å². The Kier molecular flexibility index (Phi) is 5.23. The molecule has 2 aromatic rings. The summed E-state index contributed by atoms with van der Waals surface area (Å²) < 4.78 is 11.3. The van der Waals surface area contributed by atoms with Crippen LogP contribution >= 0.6 is 11.6 Å². The number of benzene rings is 1. The number of rotatable bonds is 5. The molecular formula is C18H20ClNO4. The summed E-state index contributed by atoms with van der Waals surface area (Å²) in [5.74, 6) is -0.289. The molecule has 1 fully saturated rings. The topological polar surface area (TPSA) is 62.9 Å². The van der Waals surface area contributed by atoms with E-state index in [1.165, 1.54) is 0 Å². The van der Waals surface area contributed by atoms with E-state index in [0.29, 0.717) is 24.6 Å². The lowest BCUT2D eigenvalue weighted by molar-refractivity contribution is -0.0330. The minimum Gasteiger partial charge on any atom is -0.475 e. The van der Waals surface area contributed by atoms with Crippen molar-refractivity contribution in [3.63, 3.8) is 0 Å². The van der Waals surface area contributed by atoms with Gasteiger partial charge < -0.3 is 14.3 Å². The molecular weight excluding hydrogens is 330 g/mol. The molecule has 1 aromatic heterocycles. The van der Waals surface area contributed by atoms with Gasteiger partial charge in [0.1, 0.15) is 5.76 Å². The maximum absolute atomic E-state index is 11.1. The SMILES string of the molecule is CCc1oc(C(=O)O)cc1CN1CCO[C@H](c2ccc(Cl)cc2)C1. The maximum atomic E-state index is 11.1. The average Bonchev–Trinajstić information content (AvgIpc) is 2.99. The van der Waals surface area contributed by atoms with Crippen LogP contribution in [0.3, 0.4) is 0 Å². The molecule has 3 rings (SSSR count). The fraction of sp³-hybridized carbons (Fsp3) is 0.389. The van der Waals surface area contributed by atoms with E-state index < -0.39 is 5.97 Å². The molecule has 1 saturated heterocycles. The Balaban J connectivity index is 1.71. The number of morpholine rings is 1. The van der Waals surface area contributed by atoms with Gasteiger partial charge in [0, 0.05) is 36.6 Å². The van der Waals surface area contributed by atoms with E-state index in [0.717, 1.165) is 30.0 Å². The first-order valence-electron chi connectivity index (χ1n) is 8.01. The van der Waals surface area contributed by atoms with E-state index in [1.54, 1.807) is 6.07 Å². The Morgan fingerprint density at radius 3 is 2.79 bits per heavy atom. The van der Waals surface area contributed by atoms with Gasteiger partial charge in [0.15, 0.2) is 0 Å². The minimum absolute atomic E-state index is 0.00404. The molecule has 128 valence electrons. The molecule has 6 heteroatoms. The van der Waals surface area contributed by atoms with Crippen molar-refractivity contribution in [3.8, 4) is 0 Å². The summed E-state index contributed by atoms with van der Waals surface area (Å²) in [7, 11) is 0. The molecule has 0 bridgehead atoms. The summed E-state index contributed by atoms with van der Waals surface area (Å²) in [5, 5.41) is 9.81. The van der Waals surface area contributed by atoms with Crippen LogP contribution in [0.4, 0.5) is 0 Å². The Morgan fingerprint density at radius 1 is 1.38 bits per heavy atom. The Bertz CT molecular complexity index is 710. The number of hydrogen-bond acceptors (Lipinski definition) is 4. The number of halogens is 1. The number of carboxylic acids is 1. The highest BCUT2D eigenvalue weighted by atomic mass is 35.5. The van der Waals surface area contributed by atoms with Gasteiger partial charge in [-0.2, -0.15) is 0 Å². The molecule has 1 N–H and O–H groups in total. The van der Waals surface area contributed by atoms with Crippen molar-refractivity contribution in [3.05, 3.63) is 58.0 Å². The van der Waals surface area contributed by atoms with E-state index in [2.05, 4.69) is 4.90 Å². The third-order valence-corrected chi connectivity index (χ3v) is 4.47. The summed E-state index contributed by atoms with van der Waals surface area (Å²) in [6.45, 7) is 4.81. The number of nitrogens with zero attached hydrogens (tertiary/aromatic N) is 1. The van der Waals surface area contributed by atoms with Crippen molar-refractivity contribution < 1.29 is 19.1 Å².